The fraction of sp³-hybridized carbons (Fsp3) is 0.323. The van der Waals surface area contributed by atoms with Crippen molar-refractivity contribution >= 4 is 36.0 Å². The molecule has 3 aromatic carbocycles. The number of aliphatic hydroxyl groups excluding tert-OH is 1. The van der Waals surface area contributed by atoms with E-state index in [2.05, 4.69) is 9.80 Å². The number of methoxy groups -OCH3 is 1. The molecule has 0 spiro atoms. The van der Waals surface area contributed by atoms with Gasteiger partial charge in [0.1, 0.15) is 12.3 Å². The second kappa shape index (κ2) is 13.2. The Labute approximate surface area is 251 Å². The Morgan fingerprint density at radius 3 is 1.95 bits per heavy atom. The zero-order chi connectivity index (χ0) is 29.0. The largest absolute Gasteiger partial charge is 0.495 e. The van der Waals surface area contributed by atoms with Crippen LogP contribution in [0.1, 0.15) is 11.1 Å². The summed E-state index contributed by atoms with van der Waals surface area (Å²) in [5, 5.41) is 20.8. The van der Waals surface area contributed by atoms with E-state index in [1.165, 1.54) is 4.90 Å². The maximum atomic E-state index is 14.1. The van der Waals surface area contributed by atoms with Crippen molar-refractivity contribution < 1.29 is 29.3 Å². The van der Waals surface area contributed by atoms with Crippen molar-refractivity contribution in [3.63, 3.8) is 0 Å². The first kappa shape index (κ1) is 30.8. The molecule has 1 unspecified atom stereocenters. The van der Waals surface area contributed by atoms with Crippen LogP contribution < -0.4 is 9.64 Å². The van der Waals surface area contributed by atoms with E-state index in [4.69, 9.17) is 4.74 Å². The number of nitrogens with zero attached hydrogens (tertiary/aromatic N) is 4. The maximum Gasteiger partial charge on any atom is 0.328 e. The third-order valence-electron chi connectivity index (χ3n) is 7.76. The van der Waals surface area contributed by atoms with E-state index in [1.807, 2.05) is 36.4 Å². The number of halogens is 1. The van der Waals surface area contributed by atoms with Crippen molar-refractivity contribution in [1.82, 2.24) is 14.7 Å². The zero-order valence-electron chi connectivity index (χ0n) is 23.3. The Bertz CT molecular complexity index is 1340. The molecule has 222 valence electrons. The number of β-amino-alcohol motifs (C(OH)–C–C–N with tert-alkyl or cyclic N) is 1. The van der Waals surface area contributed by atoms with Gasteiger partial charge in [-0.25, -0.2) is 4.79 Å². The second-order valence-electron chi connectivity index (χ2n) is 10.2. The van der Waals surface area contributed by atoms with Crippen LogP contribution in [-0.4, -0.2) is 102 Å². The summed E-state index contributed by atoms with van der Waals surface area (Å²) in [5.74, 6) is -1.14. The molecule has 42 heavy (non-hydrogen) atoms. The van der Waals surface area contributed by atoms with Gasteiger partial charge in [0.25, 0.3) is 5.91 Å². The summed E-state index contributed by atoms with van der Waals surface area (Å²) in [6.45, 7) is 2.21. The molecule has 0 saturated carbocycles. The van der Waals surface area contributed by atoms with Crippen LogP contribution in [0.25, 0.3) is 0 Å². The quantitative estimate of drug-likeness (QED) is 0.345. The Morgan fingerprint density at radius 1 is 0.857 bits per heavy atom. The standard InChI is InChI=1S/C31H34N4O6.ClH/c1-41-27-15-9-8-14-26(27)33-18-16-32(17-19-33)20-25(36)21-35-30(40)34(22-28(37)38)29(39)31(35,23-10-4-2-5-11-23)24-12-6-3-7-13-24;/h2-15,25,36H,16-22H2,1H3,(H,37,38);1H. The molecule has 3 aromatic rings. The lowest BCUT2D eigenvalue weighted by molar-refractivity contribution is -0.142. The van der Waals surface area contributed by atoms with Gasteiger partial charge in [0.15, 0.2) is 5.54 Å². The molecule has 0 aliphatic carbocycles. The molecule has 2 saturated heterocycles. The monoisotopic (exact) mass is 594 g/mol. The van der Waals surface area contributed by atoms with E-state index in [1.54, 1.807) is 55.6 Å². The molecule has 2 aliphatic rings. The van der Waals surface area contributed by atoms with Crippen LogP contribution in [0, 0.1) is 0 Å². The predicted molar refractivity (Wildman–Crippen MR) is 160 cm³/mol. The van der Waals surface area contributed by atoms with Gasteiger partial charge in [0.05, 0.1) is 25.4 Å². The highest BCUT2D eigenvalue weighted by Gasteiger charge is 2.60. The topological polar surface area (TPSA) is 114 Å². The van der Waals surface area contributed by atoms with Gasteiger partial charge >= 0.3 is 12.0 Å². The molecule has 0 radical (unpaired) electrons. The normalized spacial score (nSPS) is 17.6. The summed E-state index contributed by atoms with van der Waals surface area (Å²) in [4.78, 5) is 45.9. The van der Waals surface area contributed by atoms with Crippen LogP contribution in [0.15, 0.2) is 84.9 Å². The second-order valence-corrected chi connectivity index (χ2v) is 10.2. The van der Waals surface area contributed by atoms with Crippen molar-refractivity contribution in [3.8, 4) is 5.75 Å². The predicted octanol–water partition coefficient (Wildman–Crippen LogP) is 2.89. The van der Waals surface area contributed by atoms with Crippen LogP contribution in [-0.2, 0) is 15.1 Å². The molecular formula is C31H35ClN4O6. The Balaban J connectivity index is 0.00000405. The van der Waals surface area contributed by atoms with E-state index >= 15 is 0 Å². The fourth-order valence-electron chi connectivity index (χ4n) is 5.89. The van der Waals surface area contributed by atoms with E-state index in [9.17, 15) is 24.6 Å². The number of carboxylic acids is 1. The van der Waals surface area contributed by atoms with Crippen molar-refractivity contribution in [2.45, 2.75) is 11.6 Å². The fourth-order valence-corrected chi connectivity index (χ4v) is 5.89. The van der Waals surface area contributed by atoms with Crippen LogP contribution in [0.3, 0.4) is 0 Å². The lowest BCUT2D eigenvalue weighted by atomic mass is 9.81. The van der Waals surface area contributed by atoms with Gasteiger partial charge in [0, 0.05) is 32.7 Å². The number of aliphatic hydroxyl groups is 1. The Morgan fingerprint density at radius 2 is 1.40 bits per heavy atom. The number of carbonyl (C=O) groups excluding carboxylic acids is 2. The molecule has 0 bridgehead atoms. The minimum absolute atomic E-state index is 0. The molecular weight excluding hydrogens is 560 g/mol. The first-order chi connectivity index (χ1) is 19.9. The number of hydrogen-bond acceptors (Lipinski definition) is 7. The highest BCUT2D eigenvalue weighted by atomic mass is 35.5. The van der Waals surface area contributed by atoms with Crippen LogP contribution >= 0.6 is 12.4 Å². The number of carbonyl (C=O) groups is 3. The third kappa shape index (κ3) is 5.78. The van der Waals surface area contributed by atoms with Gasteiger partial charge < -0.3 is 19.8 Å². The van der Waals surface area contributed by atoms with E-state index in [0.29, 0.717) is 24.2 Å². The van der Waals surface area contributed by atoms with E-state index < -0.39 is 36.1 Å². The van der Waals surface area contributed by atoms with Crippen molar-refractivity contribution in [3.05, 3.63) is 96.1 Å². The molecule has 5 rings (SSSR count). The first-order valence-corrected chi connectivity index (χ1v) is 13.6. The van der Waals surface area contributed by atoms with Gasteiger partial charge in [-0.1, -0.05) is 72.8 Å². The third-order valence-corrected chi connectivity index (χ3v) is 7.76. The van der Waals surface area contributed by atoms with Crippen molar-refractivity contribution in [2.75, 3.05) is 57.8 Å². The summed E-state index contributed by atoms with van der Waals surface area (Å²) in [6, 6.07) is 24.8. The molecule has 0 aromatic heterocycles. The molecule has 2 N–H and O–H groups in total. The summed E-state index contributed by atoms with van der Waals surface area (Å²) in [5.41, 5.74) is 0.453. The molecule has 11 heteroatoms. The molecule has 2 aliphatic heterocycles. The Kier molecular flexibility index (Phi) is 9.72. The van der Waals surface area contributed by atoms with Crippen molar-refractivity contribution in [1.29, 1.82) is 0 Å². The lowest BCUT2D eigenvalue weighted by Crippen LogP contribution is -2.53. The molecule has 10 nitrogen and oxygen atoms in total. The smallest absolute Gasteiger partial charge is 0.328 e. The number of para-hydroxylation sites is 2. The number of ether oxygens (including phenoxy) is 1. The molecule has 3 amide bonds. The highest BCUT2D eigenvalue weighted by molar-refractivity contribution is 6.11. The number of hydrogen-bond donors (Lipinski definition) is 2. The number of imide groups is 1. The van der Waals surface area contributed by atoms with Crippen LogP contribution in [0.4, 0.5) is 10.5 Å². The summed E-state index contributed by atoms with van der Waals surface area (Å²) >= 11 is 0. The number of rotatable bonds is 10. The number of anilines is 1. The number of carboxylic acid groups (broad SMARTS) is 1. The zero-order valence-corrected chi connectivity index (χ0v) is 24.2. The average Bonchev–Trinajstić information content (AvgIpc) is 3.19. The number of aliphatic carboxylic acids is 1. The molecule has 1 atom stereocenters. The van der Waals surface area contributed by atoms with Crippen molar-refractivity contribution in [2.24, 2.45) is 0 Å². The Hall–Kier alpha value is -4.12. The SMILES string of the molecule is COc1ccccc1N1CCN(CC(O)CN2C(=O)N(CC(=O)O)C(=O)C2(c2ccccc2)c2ccccc2)CC1.Cl. The van der Waals surface area contributed by atoms with E-state index in [-0.39, 0.29) is 25.5 Å². The van der Waals surface area contributed by atoms with Gasteiger partial charge in [0.2, 0.25) is 0 Å². The maximum absolute atomic E-state index is 14.1. The van der Waals surface area contributed by atoms with Crippen LogP contribution in [0.2, 0.25) is 0 Å². The van der Waals surface area contributed by atoms with Crippen LogP contribution in [0.5, 0.6) is 5.75 Å². The number of urea groups is 1. The number of benzene rings is 3. The van der Waals surface area contributed by atoms with Gasteiger partial charge in [-0.05, 0) is 23.3 Å². The van der Waals surface area contributed by atoms with Gasteiger partial charge in [-0.2, -0.15) is 0 Å². The van der Waals surface area contributed by atoms with Gasteiger partial charge in [-0.15, -0.1) is 12.4 Å². The number of amides is 3. The average molecular weight is 595 g/mol. The van der Waals surface area contributed by atoms with Gasteiger partial charge in [-0.3, -0.25) is 24.3 Å². The first-order valence-electron chi connectivity index (χ1n) is 13.6. The lowest BCUT2D eigenvalue weighted by Gasteiger charge is -2.39. The minimum Gasteiger partial charge on any atom is -0.495 e. The summed E-state index contributed by atoms with van der Waals surface area (Å²) in [7, 11) is 1.65. The minimum atomic E-state index is -1.61. The number of piperazine rings is 1. The van der Waals surface area contributed by atoms with E-state index in [0.717, 1.165) is 29.4 Å². The molecule has 2 heterocycles. The summed E-state index contributed by atoms with van der Waals surface area (Å²) < 4.78 is 5.51. The highest BCUT2D eigenvalue weighted by Crippen LogP contribution is 2.43. The summed E-state index contributed by atoms with van der Waals surface area (Å²) in [6.07, 6.45) is -0.985. The molecule has 2 fully saturated rings.